The molecule has 0 aliphatic carbocycles. The Bertz CT molecular complexity index is 1190. The molecule has 0 aromatic heterocycles. The Hall–Kier alpha value is -2.83. The Morgan fingerprint density at radius 2 is 1.58 bits per heavy atom. The molecule has 166 valence electrons. The van der Waals surface area contributed by atoms with Crippen molar-refractivity contribution in [2.75, 3.05) is 24.7 Å². The molecule has 31 heavy (non-hydrogen) atoms. The molecule has 1 saturated heterocycles. The second kappa shape index (κ2) is 8.73. The lowest BCUT2D eigenvalue weighted by molar-refractivity contribution is -0.384. The van der Waals surface area contributed by atoms with Gasteiger partial charge in [-0.1, -0.05) is 0 Å². The number of anilines is 1. The third-order valence-electron chi connectivity index (χ3n) is 5.01. The minimum atomic E-state index is -3.88. The first kappa shape index (κ1) is 22.8. The fourth-order valence-corrected chi connectivity index (χ4v) is 5.47. The largest absolute Gasteiger partial charge is 0.326 e. The normalized spacial score (nSPS) is 17.8. The lowest BCUT2D eigenvalue weighted by Gasteiger charge is -2.30. The summed E-state index contributed by atoms with van der Waals surface area (Å²) in [5, 5.41) is 13.4. The maximum absolute atomic E-state index is 12.7. The van der Waals surface area contributed by atoms with Crippen molar-refractivity contribution < 1.29 is 26.6 Å². The molecule has 1 N–H and O–H groups in total. The second-order valence-electron chi connectivity index (χ2n) is 7.23. The van der Waals surface area contributed by atoms with Gasteiger partial charge in [-0.05, 0) is 49.2 Å². The predicted octanol–water partition coefficient (Wildman–Crippen LogP) is 2.04. The van der Waals surface area contributed by atoms with Gasteiger partial charge in [-0.2, -0.15) is 0 Å². The van der Waals surface area contributed by atoms with Gasteiger partial charge in [-0.25, -0.2) is 21.1 Å². The summed E-state index contributed by atoms with van der Waals surface area (Å²) in [6, 6.07) is 10.1. The van der Waals surface area contributed by atoms with E-state index in [4.69, 9.17) is 0 Å². The molecule has 10 nitrogen and oxygen atoms in total. The average Bonchev–Trinajstić information content (AvgIpc) is 2.73. The highest BCUT2D eigenvalue weighted by atomic mass is 32.2. The number of rotatable bonds is 6. The molecule has 0 saturated carbocycles. The highest BCUT2D eigenvalue weighted by Crippen LogP contribution is 2.25. The van der Waals surface area contributed by atoms with Gasteiger partial charge in [0, 0.05) is 30.9 Å². The number of hydrogen-bond donors (Lipinski definition) is 1. The molecular formula is C19H21N3O7S2. The Labute approximate surface area is 180 Å². The van der Waals surface area contributed by atoms with Gasteiger partial charge >= 0.3 is 0 Å². The van der Waals surface area contributed by atoms with Crippen LogP contribution in [0.2, 0.25) is 0 Å². The van der Waals surface area contributed by atoms with Crippen LogP contribution in [0.25, 0.3) is 0 Å². The average molecular weight is 468 g/mol. The SMILES string of the molecule is CS(=O)(=O)N1CCCC(C(=O)Nc2ccc(S(=O)(=O)c3ccc([N+](=O)[O-])cc3)cc2)C1. The van der Waals surface area contributed by atoms with E-state index in [9.17, 15) is 31.7 Å². The molecule has 1 amide bonds. The van der Waals surface area contributed by atoms with Gasteiger partial charge in [-0.15, -0.1) is 0 Å². The summed E-state index contributed by atoms with van der Waals surface area (Å²) in [7, 11) is -7.25. The summed E-state index contributed by atoms with van der Waals surface area (Å²) in [5.41, 5.74) is 0.165. The number of nitro groups is 1. The highest BCUT2D eigenvalue weighted by Gasteiger charge is 2.30. The molecule has 3 rings (SSSR count). The van der Waals surface area contributed by atoms with Gasteiger partial charge in [-0.3, -0.25) is 14.9 Å². The lowest BCUT2D eigenvalue weighted by Crippen LogP contribution is -2.43. The number of hydrogen-bond acceptors (Lipinski definition) is 7. The smallest absolute Gasteiger partial charge is 0.269 e. The molecular weight excluding hydrogens is 446 g/mol. The van der Waals surface area contributed by atoms with Gasteiger partial charge in [0.2, 0.25) is 25.8 Å². The number of benzene rings is 2. The number of nitrogens with one attached hydrogen (secondary N) is 1. The van der Waals surface area contributed by atoms with E-state index in [1.54, 1.807) is 0 Å². The number of amides is 1. The number of nitrogens with zero attached hydrogens (tertiary/aromatic N) is 2. The van der Waals surface area contributed by atoms with Crippen LogP contribution in [0.5, 0.6) is 0 Å². The third-order valence-corrected chi connectivity index (χ3v) is 8.07. The summed E-state index contributed by atoms with van der Waals surface area (Å²) in [5.74, 6) is -0.827. The second-order valence-corrected chi connectivity index (χ2v) is 11.2. The van der Waals surface area contributed by atoms with E-state index in [0.717, 1.165) is 18.4 Å². The zero-order valence-electron chi connectivity index (χ0n) is 16.6. The minimum absolute atomic E-state index is 0.0275. The van der Waals surface area contributed by atoms with Gasteiger partial charge in [0.05, 0.1) is 26.9 Å². The van der Waals surface area contributed by atoms with E-state index in [2.05, 4.69) is 5.32 Å². The minimum Gasteiger partial charge on any atom is -0.326 e. The van der Waals surface area contributed by atoms with Crippen LogP contribution in [-0.2, 0) is 24.7 Å². The molecule has 1 aliphatic rings. The summed E-state index contributed by atoms with van der Waals surface area (Å²) in [6.07, 6.45) is 2.25. The molecule has 0 spiro atoms. The van der Waals surface area contributed by atoms with E-state index in [-0.39, 0.29) is 27.9 Å². The van der Waals surface area contributed by atoms with Crippen molar-refractivity contribution in [3.8, 4) is 0 Å². The number of nitro benzene ring substituents is 1. The number of non-ortho nitro benzene ring substituents is 1. The van der Waals surface area contributed by atoms with Gasteiger partial charge in [0.1, 0.15) is 0 Å². The van der Waals surface area contributed by atoms with Crippen LogP contribution in [0, 0.1) is 16.0 Å². The molecule has 1 fully saturated rings. The predicted molar refractivity (Wildman–Crippen MR) is 113 cm³/mol. The lowest BCUT2D eigenvalue weighted by atomic mass is 9.99. The topological polar surface area (TPSA) is 144 Å². The van der Waals surface area contributed by atoms with Crippen molar-refractivity contribution in [2.45, 2.75) is 22.6 Å². The Balaban J connectivity index is 1.71. The monoisotopic (exact) mass is 467 g/mol. The zero-order valence-corrected chi connectivity index (χ0v) is 18.2. The van der Waals surface area contributed by atoms with Crippen LogP contribution in [-0.4, -0.2) is 51.3 Å². The van der Waals surface area contributed by atoms with Crippen molar-refractivity contribution >= 4 is 37.1 Å². The summed E-state index contributed by atoms with van der Waals surface area (Å²) < 4.78 is 50.1. The van der Waals surface area contributed by atoms with Crippen molar-refractivity contribution in [1.29, 1.82) is 0 Å². The molecule has 1 atom stereocenters. The Kier molecular flexibility index (Phi) is 6.43. The van der Waals surface area contributed by atoms with Crippen LogP contribution in [0.4, 0.5) is 11.4 Å². The van der Waals surface area contributed by atoms with Crippen LogP contribution in [0.1, 0.15) is 12.8 Å². The molecule has 1 heterocycles. The van der Waals surface area contributed by atoms with Gasteiger partial charge in [0.15, 0.2) is 0 Å². The number of sulfone groups is 1. The summed E-state index contributed by atoms with van der Waals surface area (Å²) in [4.78, 5) is 22.5. The fraction of sp³-hybridized carbons (Fsp3) is 0.316. The van der Waals surface area contributed by atoms with Crippen LogP contribution in [0.3, 0.4) is 0 Å². The number of carbonyl (C=O) groups excluding carboxylic acids is 1. The van der Waals surface area contributed by atoms with Crippen molar-refractivity contribution in [3.05, 3.63) is 58.6 Å². The number of sulfonamides is 1. The highest BCUT2D eigenvalue weighted by molar-refractivity contribution is 7.91. The molecule has 2 aromatic rings. The van der Waals surface area contributed by atoms with Crippen molar-refractivity contribution in [2.24, 2.45) is 5.92 Å². The van der Waals surface area contributed by atoms with E-state index in [0.29, 0.717) is 25.1 Å². The summed E-state index contributed by atoms with van der Waals surface area (Å²) in [6.45, 7) is 0.495. The molecule has 1 aliphatic heterocycles. The van der Waals surface area contributed by atoms with E-state index >= 15 is 0 Å². The molecule has 2 aromatic carbocycles. The molecule has 1 unspecified atom stereocenters. The van der Waals surface area contributed by atoms with E-state index in [1.807, 2.05) is 0 Å². The summed E-state index contributed by atoms with van der Waals surface area (Å²) >= 11 is 0. The van der Waals surface area contributed by atoms with Crippen molar-refractivity contribution in [1.82, 2.24) is 4.31 Å². The van der Waals surface area contributed by atoms with Gasteiger partial charge in [0.25, 0.3) is 5.69 Å². The molecule has 0 bridgehead atoms. The quantitative estimate of drug-likeness (QED) is 0.506. The first-order chi connectivity index (χ1) is 14.5. The first-order valence-corrected chi connectivity index (χ1v) is 12.7. The fourth-order valence-electron chi connectivity index (χ4n) is 3.30. The Morgan fingerprint density at radius 3 is 2.10 bits per heavy atom. The van der Waals surface area contributed by atoms with Crippen LogP contribution < -0.4 is 5.32 Å². The standard InChI is InChI=1S/C19H21N3O7S2/c1-30(26,27)21-12-2-3-14(13-21)19(23)20-15-4-8-17(9-5-15)31(28,29)18-10-6-16(7-11-18)22(24)25/h4-11,14H,2-3,12-13H2,1H3,(H,20,23). The molecule has 0 radical (unpaired) electrons. The van der Waals surface area contributed by atoms with Gasteiger partial charge < -0.3 is 5.32 Å². The number of piperidine rings is 1. The maximum Gasteiger partial charge on any atom is 0.269 e. The zero-order chi connectivity index (χ0) is 22.8. The van der Waals surface area contributed by atoms with Crippen molar-refractivity contribution in [3.63, 3.8) is 0 Å². The van der Waals surface area contributed by atoms with Crippen LogP contribution in [0.15, 0.2) is 58.3 Å². The van der Waals surface area contributed by atoms with E-state index < -0.39 is 30.7 Å². The van der Waals surface area contributed by atoms with Crippen LogP contribution >= 0.6 is 0 Å². The number of carbonyl (C=O) groups is 1. The van der Waals surface area contributed by atoms with E-state index in [1.165, 1.54) is 40.7 Å². The maximum atomic E-state index is 12.7. The first-order valence-electron chi connectivity index (χ1n) is 9.34. The molecule has 12 heteroatoms. The Morgan fingerprint density at radius 1 is 1.03 bits per heavy atom. The third kappa shape index (κ3) is 5.27.